The predicted octanol–water partition coefficient (Wildman–Crippen LogP) is 3.51. The average molecular weight is 300 g/mol. The van der Waals surface area contributed by atoms with Gasteiger partial charge in [0, 0.05) is 5.56 Å². The first kappa shape index (κ1) is 12.9. The monoisotopic (exact) mass is 299 g/mol. The fraction of sp³-hybridized carbons (Fsp3) is 0.538. The summed E-state index contributed by atoms with van der Waals surface area (Å²) < 4.78 is 7.03. The molecule has 2 atom stereocenters. The molecule has 1 heterocycles. The van der Waals surface area contributed by atoms with E-state index in [0.29, 0.717) is 0 Å². The number of hydroxylamine groups is 1. The van der Waals surface area contributed by atoms with Gasteiger partial charge in [0.2, 0.25) is 0 Å². The number of aryl methyl sites for hydroxylation is 1. The summed E-state index contributed by atoms with van der Waals surface area (Å²) in [6.07, 6.45) is 2.26. The van der Waals surface area contributed by atoms with Crippen LogP contribution < -0.4 is 10.2 Å². The van der Waals surface area contributed by atoms with Crippen LogP contribution in [0.1, 0.15) is 36.9 Å². The Kier molecular flexibility index (Phi) is 4.07. The largest absolute Gasteiger partial charge is 0.487 e. The Hall–Kier alpha value is -0.580. The van der Waals surface area contributed by atoms with Gasteiger partial charge in [-0.25, -0.2) is 0 Å². The standard InChI is InChI=1S/C13H18BrNO2/c1-4-5-11-12(15-16-3)9-6-8(2)7-10(14)13(9)17-11/h6-7,11-12,15H,4-5H2,1-3H3. The minimum absolute atomic E-state index is 0.117. The number of fused-ring (bicyclic) bond motifs is 1. The van der Waals surface area contributed by atoms with Gasteiger partial charge < -0.3 is 9.57 Å². The lowest BCUT2D eigenvalue weighted by Gasteiger charge is -2.18. The summed E-state index contributed by atoms with van der Waals surface area (Å²) in [4.78, 5) is 5.09. The van der Waals surface area contributed by atoms with Crippen molar-refractivity contribution in [2.24, 2.45) is 0 Å². The first-order valence-corrected chi connectivity index (χ1v) is 6.71. The van der Waals surface area contributed by atoms with Crippen molar-refractivity contribution >= 4 is 15.9 Å². The molecule has 17 heavy (non-hydrogen) atoms. The molecule has 0 spiro atoms. The van der Waals surface area contributed by atoms with E-state index in [4.69, 9.17) is 9.57 Å². The van der Waals surface area contributed by atoms with E-state index in [2.05, 4.69) is 47.4 Å². The fourth-order valence-corrected chi connectivity index (χ4v) is 2.99. The van der Waals surface area contributed by atoms with E-state index in [-0.39, 0.29) is 12.1 Å². The average Bonchev–Trinajstić information content (AvgIpc) is 2.59. The maximum atomic E-state index is 6.01. The topological polar surface area (TPSA) is 30.5 Å². The van der Waals surface area contributed by atoms with Crippen LogP contribution in [-0.4, -0.2) is 13.2 Å². The van der Waals surface area contributed by atoms with E-state index in [0.717, 1.165) is 23.1 Å². The maximum Gasteiger partial charge on any atom is 0.139 e. The van der Waals surface area contributed by atoms with E-state index in [1.165, 1.54) is 11.1 Å². The number of ether oxygens (including phenoxy) is 1. The van der Waals surface area contributed by atoms with Gasteiger partial charge in [-0.3, -0.25) is 0 Å². The molecule has 0 saturated heterocycles. The van der Waals surface area contributed by atoms with Gasteiger partial charge in [0.15, 0.2) is 0 Å². The van der Waals surface area contributed by atoms with E-state index in [1.54, 1.807) is 7.11 Å². The molecule has 0 saturated carbocycles. The van der Waals surface area contributed by atoms with E-state index < -0.39 is 0 Å². The molecule has 1 aromatic carbocycles. The summed E-state index contributed by atoms with van der Waals surface area (Å²) in [5, 5.41) is 0. The molecule has 0 fully saturated rings. The van der Waals surface area contributed by atoms with Gasteiger partial charge in [-0.05, 0) is 40.9 Å². The Labute approximate surface area is 111 Å². The van der Waals surface area contributed by atoms with Gasteiger partial charge in [0.25, 0.3) is 0 Å². The number of nitrogens with one attached hydrogen (secondary N) is 1. The first-order chi connectivity index (χ1) is 8.17. The van der Waals surface area contributed by atoms with Crippen molar-refractivity contribution in [1.29, 1.82) is 0 Å². The molecule has 1 aliphatic rings. The number of rotatable bonds is 4. The van der Waals surface area contributed by atoms with Gasteiger partial charge in [0.1, 0.15) is 11.9 Å². The van der Waals surface area contributed by atoms with Crippen molar-refractivity contribution in [3.05, 3.63) is 27.7 Å². The molecular weight excluding hydrogens is 282 g/mol. The van der Waals surface area contributed by atoms with Crippen LogP contribution in [0.5, 0.6) is 5.75 Å². The summed E-state index contributed by atoms with van der Waals surface area (Å²) in [7, 11) is 1.64. The molecular formula is C13H18BrNO2. The maximum absolute atomic E-state index is 6.01. The van der Waals surface area contributed by atoms with Crippen molar-refractivity contribution < 1.29 is 9.57 Å². The minimum atomic E-state index is 0.117. The Morgan fingerprint density at radius 3 is 2.88 bits per heavy atom. The number of halogens is 1. The second-order valence-electron chi connectivity index (χ2n) is 4.41. The molecule has 2 unspecified atom stereocenters. The fourth-order valence-electron chi connectivity index (χ4n) is 2.31. The van der Waals surface area contributed by atoms with Crippen LogP contribution in [0, 0.1) is 6.92 Å². The summed E-state index contributed by atoms with van der Waals surface area (Å²) in [5.74, 6) is 0.948. The molecule has 1 N–H and O–H groups in total. The highest BCUT2D eigenvalue weighted by Crippen LogP contribution is 2.43. The van der Waals surface area contributed by atoms with Gasteiger partial charge in [0.05, 0.1) is 17.6 Å². The third kappa shape index (κ3) is 2.49. The van der Waals surface area contributed by atoms with Crippen LogP contribution in [-0.2, 0) is 4.84 Å². The molecule has 2 rings (SSSR count). The molecule has 0 aliphatic carbocycles. The van der Waals surface area contributed by atoms with Gasteiger partial charge in [-0.2, -0.15) is 5.48 Å². The molecule has 4 heteroatoms. The van der Waals surface area contributed by atoms with Crippen LogP contribution in [0.3, 0.4) is 0 Å². The van der Waals surface area contributed by atoms with Crippen LogP contribution >= 0.6 is 15.9 Å². The summed E-state index contributed by atoms with van der Waals surface area (Å²) in [5.41, 5.74) is 5.44. The summed E-state index contributed by atoms with van der Waals surface area (Å²) in [6.45, 7) is 4.25. The lowest BCUT2D eigenvalue weighted by molar-refractivity contribution is 0.0268. The van der Waals surface area contributed by atoms with Crippen molar-refractivity contribution in [3.8, 4) is 5.75 Å². The summed E-state index contributed by atoms with van der Waals surface area (Å²) >= 11 is 3.56. The van der Waals surface area contributed by atoms with Gasteiger partial charge in [-0.15, -0.1) is 0 Å². The Morgan fingerprint density at radius 2 is 2.24 bits per heavy atom. The molecule has 1 aromatic rings. The summed E-state index contributed by atoms with van der Waals surface area (Å²) in [6, 6.07) is 4.36. The van der Waals surface area contributed by atoms with Crippen molar-refractivity contribution in [1.82, 2.24) is 5.48 Å². The molecule has 0 aromatic heterocycles. The third-order valence-electron chi connectivity index (χ3n) is 3.01. The quantitative estimate of drug-likeness (QED) is 0.863. The molecule has 0 amide bonds. The highest BCUT2D eigenvalue weighted by molar-refractivity contribution is 9.10. The highest BCUT2D eigenvalue weighted by Gasteiger charge is 2.35. The number of hydrogen-bond donors (Lipinski definition) is 1. The lowest BCUT2D eigenvalue weighted by Crippen LogP contribution is -2.30. The van der Waals surface area contributed by atoms with E-state index >= 15 is 0 Å². The van der Waals surface area contributed by atoms with E-state index in [9.17, 15) is 0 Å². The first-order valence-electron chi connectivity index (χ1n) is 5.92. The molecule has 94 valence electrons. The number of benzene rings is 1. The second kappa shape index (κ2) is 5.38. The van der Waals surface area contributed by atoms with Crippen molar-refractivity contribution in [2.45, 2.75) is 38.8 Å². The Bertz CT molecular complexity index is 409. The minimum Gasteiger partial charge on any atom is -0.487 e. The van der Waals surface area contributed by atoms with E-state index in [1.807, 2.05) is 0 Å². The van der Waals surface area contributed by atoms with Crippen LogP contribution in [0.15, 0.2) is 16.6 Å². The van der Waals surface area contributed by atoms with Crippen LogP contribution in [0.4, 0.5) is 0 Å². The van der Waals surface area contributed by atoms with Gasteiger partial charge >= 0.3 is 0 Å². The highest BCUT2D eigenvalue weighted by atomic mass is 79.9. The predicted molar refractivity (Wildman–Crippen MR) is 71.1 cm³/mol. The van der Waals surface area contributed by atoms with Gasteiger partial charge in [-0.1, -0.05) is 19.4 Å². The molecule has 1 aliphatic heterocycles. The third-order valence-corrected chi connectivity index (χ3v) is 3.60. The smallest absolute Gasteiger partial charge is 0.139 e. The zero-order chi connectivity index (χ0) is 12.4. The Balaban J connectivity index is 2.35. The second-order valence-corrected chi connectivity index (χ2v) is 5.26. The Morgan fingerprint density at radius 1 is 1.47 bits per heavy atom. The molecule has 0 radical (unpaired) electrons. The number of hydrogen-bond acceptors (Lipinski definition) is 3. The zero-order valence-electron chi connectivity index (χ0n) is 10.4. The lowest BCUT2D eigenvalue weighted by atomic mass is 10.00. The molecule has 3 nitrogen and oxygen atoms in total. The molecule has 0 bridgehead atoms. The zero-order valence-corrected chi connectivity index (χ0v) is 12.0. The van der Waals surface area contributed by atoms with Crippen molar-refractivity contribution in [3.63, 3.8) is 0 Å². The van der Waals surface area contributed by atoms with Crippen LogP contribution in [0.25, 0.3) is 0 Å². The SMILES string of the molecule is CCCC1Oc2c(Br)cc(C)cc2C1NOC. The van der Waals surface area contributed by atoms with Crippen molar-refractivity contribution in [2.75, 3.05) is 7.11 Å². The normalized spacial score (nSPS) is 22.4. The van der Waals surface area contributed by atoms with Crippen LogP contribution in [0.2, 0.25) is 0 Å².